The first-order valence-corrected chi connectivity index (χ1v) is 6.90. The van der Waals surface area contributed by atoms with Gasteiger partial charge in [-0.05, 0) is 17.8 Å². The van der Waals surface area contributed by atoms with Gasteiger partial charge >= 0.3 is 70.2 Å². The third-order valence-corrected chi connectivity index (χ3v) is 4.48. The minimum Gasteiger partial charge on any atom is -0.549 e. The maximum atomic E-state index is 11.0. The van der Waals surface area contributed by atoms with Gasteiger partial charge in [0.2, 0.25) is 0 Å². The normalized spacial score (nSPS) is 18.6. The quantitative estimate of drug-likeness (QED) is 0.362. The molecule has 2 unspecified atom stereocenters. The van der Waals surface area contributed by atoms with Crippen molar-refractivity contribution in [3.8, 4) is 0 Å². The molecule has 1 aliphatic rings. The van der Waals surface area contributed by atoms with Gasteiger partial charge in [0.15, 0.2) is 0 Å². The fraction of sp³-hybridized carbons (Fsp3) is 0.857. The summed E-state index contributed by atoms with van der Waals surface area (Å²) in [5.74, 6) is -4.36. The second-order valence-electron chi connectivity index (χ2n) is 5.45. The van der Waals surface area contributed by atoms with E-state index in [1.54, 1.807) is 0 Å². The summed E-state index contributed by atoms with van der Waals surface area (Å²) in [7, 11) is 0. The van der Waals surface area contributed by atoms with E-state index in [2.05, 4.69) is 0 Å². The molecule has 0 saturated heterocycles. The molecule has 0 radical (unpaired) electrons. The van der Waals surface area contributed by atoms with Gasteiger partial charge in [-0.3, -0.25) is 0 Å². The third-order valence-electron chi connectivity index (χ3n) is 4.48. The van der Waals surface area contributed by atoms with Crippen LogP contribution in [-0.4, -0.2) is 11.9 Å². The molecule has 2 atom stereocenters. The SMILES string of the molecule is CCC(C(C(=O)[O-])C(=O)[O-])C(C)C1CCCCC1.[K+].[Li+]. The van der Waals surface area contributed by atoms with Crippen molar-refractivity contribution in [2.45, 2.75) is 52.4 Å². The summed E-state index contributed by atoms with van der Waals surface area (Å²) in [5, 5.41) is 22.0. The summed E-state index contributed by atoms with van der Waals surface area (Å²) in [6, 6.07) is 0. The molecule has 104 valence electrons. The van der Waals surface area contributed by atoms with Crippen molar-refractivity contribution >= 4 is 11.9 Å². The predicted molar refractivity (Wildman–Crippen MR) is 63.0 cm³/mol. The smallest absolute Gasteiger partial charge is 0.549 e. The molecule has 0 N–H and O–H groups in total. The van der Waals surface area contributed by atoms with E-state index in [-0.39, 0.29) is 82.1 Å². The van der Waals surface area contributed by atoms with Gasteiger partial charge in [0.1, 0.15) is 0 Å². The average molecular weight is 300 g/mol. The van der Waals surface area contributed by atoms with E-state index in [0.29, 0.717) is 12.3 Å². The van der Waals surface area contributed by atoms with Gasteiger partial charge < -0.3 is 19.8 Å². The summed E-state index contributed by atoms with van der Waals surface area (Å²) >= 11 is 0. The summed E-state index contributed by atoms with van der Waals surface area (Å²) in [5.41, 5.74) is 0. The Labute approximate surface area is 176 Å². The maximum Gasteiger partial charge on any atom is 1.00 e. The minimum atomic E-state index is -1.51. The van der Waals surface area contributed by atoms with Crippen LogP contribution < -0.4 is 80.5 Å². The number of carbonyl (C=O) groups excluding carboxylic acids is 2. The molecule has 0 aromatic heterocycles. The molecule has 4 nitrogen and oxygen atoms in total. The van der Waals surface area contributed by atoms with Crippen LogP contribution in [0.3, 0.4) is 0 Å². The molecule has 0 amide bonds. The summed E-state index contributed by atoms with van der Waals surface area (Å²) < 4.78 is 0. The van der Waals surface area contributed by atoms with E-state index in [9.17, 15) is 19.8 Å². The van der Waals surface area contributed by atoms with Crippen molar-refractivity contribution in [1.82, 2.24) is 0 Å². The van der Waals surface area contributed by atoms with Crippen molar-refractivity contribution in [3.05, 3.63) is 0 Å². The molecule has 1 aliphatic carbocycles. The van der Waals surface area contributed by atoms with E-state index in [1.165, 1.54) is 6.42 Å². The Morgan fingerprint density at radius 3 is 1.90 bits per heavy atom. The van der Waals surface area contributed by atoms with E-state index in [1.807, 2.05) is 13.8 Å². The van der Waals surface area contributed by atoms with Crippen LogP contribution in [0, 0.1) is 23.7 Å². The number of hydrogen-bond acceptors (Lipinski definition) is 4. The van der Waals surface area contributed by atoms with Crippen molar-refractivity contribution < 1.29 is 90.0 Å². The summed E-state index contributed by atoms with van der Waals surface area (Å²) in [4.78, 5) is 22.0. The summed E-state index contributed by atoms with van der Waals surface area (Å²) in [6.45, 7) is 3.81. The fourth-order valence-corrected chi connectivity index (χ4v) is 3.37. The van der Waals surface area contributed by atoms with Crippen molar-refractivity contribution in [2.75, 3.05) is 0 Å². The van der Waals surface area contributed by atoms with Crippen molar-refractivity contribution in [3.63, 3.8) is 0 Å². The molecular formula is C14H22KLiO4. The molecule has 1 rings (SSSR count). The molecule has 6 heteroatoms. The molecule has 0 aromatic carbocycles. The molecule has 0 aromatic rings. The van der Waals surface area contributed by atoms with Gasteiger partial charge in [-0.15, -0.1) is 0 Å². The van der Waals surface area contributed by atoms with Crippen LogP contribution in [-0.2, 0) is 9.59 Å². The molecule has 1 fully saturated rings. The Balaban J connectivity index is 0. The van der Waals surface area contributed by atoms with E-state index in [4.69, 9.17) is 0 Å². The van der Waals surface area contributed by atoms with Crippen LogP contribution in [0.15, 0.2) is 0 Å². The van der Waals surface area contributed by atoms with Gasteiger partial charge in [-0.25, -0.2) is 0 Å². The molecule has 1 saturated carbocycles. The maximum absolute atomic E-state index is 11.0. The number of rotatable bonds is 6. The van der Waals surface area contributed by atoms with Crippen LogP contribution in [0.1, 0.15) is 52.4 Å². The van der Waals surface area contributed by atoms with Crippen LogP contribution in [0.4, 0.5) is 0 Å². The topological polar surface area (TPSA) is 80.3 Å². The summed E-state index contributed by atoms with van der Waals surface area (Å²) in [6.07, 6.45) is 6.23. The Morgan fingerprint density at radius 2 is 1.55 bits per heavy atom. The van der Waals surface area contributed by atoms with Gasteiger partial charge in [-0.2, -0.15) is 0 Å². The molecule has 0 aliphatic heterocycles. The Kier molecular flexibility index (Phi) is 13.7. The van der Waals surface area contributed by atoms with Crippen molar-refractivity contribution in [1.29, 1.82) is 0 Å². The average Bonchev–Trinajstić information content (AvgIpc) is 2.35. The van der Waals surface area contributed by atoms with E-state index in [0.717, 1.165) is 25.7 Å². The molecular weight excluding hydrogens is 278 g/mol. The number of hydrogen-bond donors (Lipinski definition) is 0. The number of aliphatic carboxylic acids is 2. The van der Waals surface area contributed by atoms with Crippen LogP contribution in [0.5, 0.6) is 0 Å². The number of carbonyl (C=O) groups is 2. The standard InChI is InChI=1S/C14H24O4.K.Li/c1-3-11(12(13(15)16)14(17)18)9(2)10-7-5-4-6-8-10;;/h9-12H,3-8H2,1-2H3,(H,15,16)(H,17,18);;/q;2*+1/p-2. The Morgan fingerprint density at radius 1 is 1.10 bits per heavy atom. The van der Waals surface area contributed by atoms with Crippen molar-refractivity contribution in [2.24, 2.45) is 23.7 Å². The largest absolute Gasteiger partial charge is 1.00 e. The zero-order valence-electron chi connectivity index (χ0n) is 13.2. The van der Waals surface area contributed by atoms with Crippen LogP contribution >= 0.6 is 0 Å². The zero-order valence-corrected chi connectivity index (χ0v) is 16.3. The number of carboxylic acid groups (broad SMARTS) is 2. The van der Waals surface area contributed by atoms with E-state index >= 15 is 0 Å². The number of carboxylic acids is 2. The first-order chi connectivity index (χ1) is 8.49. The van der Waals surface area contributed by atoms with E-state index < -0.39 is 17.9 Å². The molecule has 0 spiro atoms. The first kappa shape index (κ1) is 23.4. The second-order valence-corrected chi connectivity index (χ2v) is 5.45. The Hall–Kier alpha value is 1.17. The minimum absolute atomic E-state index is 0. The van der Waals surface area contributed by atoms with Gasteiger partial charge in [0, 0.05) is 5.92 Å². The molecule has 0 bridgehead atoms. The first-order valence-electron chi connectivity index (χ1n) is 6.90. The van der Waals surface area contributed by atoms with Crippen LogP contribution in [0.25, 0.3) is 0 Å². The zero-order chi connectivity index (χ0) is 13.7. The van der Waals surface area contributed by atoms with Gasteiger partial charge in [0.25, 0.3) is 0 Å². The van der Waals surface area contributed by atoms with Crippen LogP contribution in [0.2, 0.25) is 0 Å². The molecule has 20 heavy (non-hydrogen) atoms. The monoisotopic (exact) mass is 300 g/mol. The predicted octanol–water partition coefficient (Wildman–Crippen LogP) is -5.65. The molecule has 0 heterocycles. The Bertz CT molecular complexity index is 292. The van der Waals surface area contributed by atoms with Gasteiger partial charge in [0.05, 0.1) is 11.9 Å². The second kappa shape index (κ2) is 11.7. The van der Waals surface area contributed by atoms with Gasteiger partial charge in [-0.1, -0.05) is 52.4 Å². The fourth-order valence-electron chi connectivity index (χ4n) is 3.37. The third kappa shape index (κ3) is 6.52.